The van der Waals surface area contributed by atoms with Gasteiger partial charge in [-0.25, -0.2) is 18.4 Å². The minimum atomic E-state index is -3.99. The van der Waals surface area contributed by atoms with Crippen LogP contribution >= 0.6 is 0 Å². The molecule has 2 aromatic heterocycles. The van der Waals surface area contributed by atoms with Crippen molar-refractivity contribution in [3.8, 4) is 11.4 Å². The fourth-order valence-corrected chi connectivity index (χ4v) is 5.48. The quantitative estimate of drug-likeness (QED) is 0.422. The number of aryl methyl sites for hydroxylation is 2. The second-order valence-corrected chi connectivity index (χ2v) is 9.77. The number of para-hydroxylation sites is 2. The molecule has 8 heteroatoms. The minimum Gasteiger partial charge on any atom is -0.497 e. The van der Waals surface area contributed by atoms with Gasteiger partial charge in [-0.15, -0.1) is 0 Å². The van der Waals surface area contributed by atoms with Gasteiger partial charge < -0.3 is 10.5 Å². The number of benzene rings is 3. The van der Waals surface area contributed by atoms with Gasteiger partial charge in [0, 0.05) is 6.07 Å². The van der Waals surface area contributed by atoms with E-state index < -0.39 is 9.84 Å². The van der Waals surface area contributed by atoms with Crippen LogP contribution in [-0.4, -0.2) is 30.1 Å². The maximum absolute atomic E-state index is 13.9. The average molecular weight is 459 g/mol. The lowest BCUT2D eigenvalue weighted by Gasteiger charge is -2.10. The fraction of sp³-hybridized carbons (Fsp3) is 0.120. The Bertz CT molecular complexity index is 1660. The van der Waals surface area contributed by atoms with Gasteiger partial charge in [0.15, 0.2) is 5.65 Å². The van der Waals surface area contributed by atoms with Crippen LogP contribution in [0.25, 0.3) is 27.9 Å². The summed E-state index contributed by atoms with van der Waals surface area (Å²) in [5, 5.41) is 0. The van der Waals surface area contributed by atoms with Crippen molar-refractivity contribution in [2.24, 2.45) is 0 Å². The maximum atomic E-state index is 13.9. The predicted molar refractivity (Wildman–Crippen MR) is 129 cm³/mol. The zero-order valence-electron chi connectivity index (χ0n) is 18.4. The monoisotopic (exact) mass is 458 g/mol. The highest BCUT2D eigenvalue weighted by Crippen LogP contribution is 2.38. The molecule has 5 rings (SSSR count). The zero-order chi connectivity index (χ0) is 23.3. The Morgan fingerprint density at radius 3 is 2.30 bits per heavy atom. The highest BCUT2D eigenvalue weighted by Gasteiger charge is 2.31. The van der Waals surface area contributed by atoms with E-state index in [9.17, 15) is 8.42 Å². The van der Waals surface area contributed by atoms with Crippen molar-refractivity contribution in [2.75, 3.05) is 12.8 Å². The molecule has 0 bridgehead atoms. The lowest BCUT2D eigenvalue weighted by molar-refractivity contribution is 0.414. The molecule has 3 aromatic carbocycles. The van der Waals surface area contributed by atoms with Gasteiger partial charge in [-0.2, -0.15) is 0 Å². The summed E-state index contributed by atoms with van der Waals surface area (Å²) < 4.78 is 34.7. The lowest BCUT2D eigenvalue weighted by Crippen LogP contribution is -2.08. The van der Waals surface area contributed by atoms with Crippen molar-refractivity contribution in [3.05, 3.63) is 77.9 Å². The summed E-state index contributed by atoms with van der Waals surface area (Å²) in [6.07, 6.45) is 0. The Kier molecular flexibility index (Phi) is 4.83. The first-order valence-electron chi connectivity index (χ1n) is 10.3. The first-order chi connectivity index (χ1) is 15.8. The highest BCUT2D eigenvalue weighted by molar-refractivity contribution is 7.92. The van der Waals surface area contributed by atoms with E-state index in [0.29, 0.717) is 28.1 Å². The standard InChI is InChI=1S/C25H22N4O3S/c1-15-11-12-19(13-16(15)2)33(30,31)23-22-25(28-21-10-5-4-9-20(21)27-22)29(24(23)26)17-7-6-8-18(14-17)32-3/h4-14H,26H2,1-3H3. The molecular weight excluding hydrogens is 436 g/mol. The third kappa shape index (κ3) is 3.30. The first-order valence-corrected chi connectivity index (χ1v) is 11.8. The van der Waals surface area contributed by atoms with Crippen LogP contribution in [0.4, 0.5) is 5.82 Å². The van der Waals surface area contributed by atoms with Gasteiger partial charge >= 0.3 is 0 Å². The number of rotatable bonds is 4. The number of anilines is 1. The number of aromatic nitrogens is 3. The van der Waals surface area contributed by atoms with Crippen molar-refractivity contribution in [3.63, 3.8) is 0 Å². The van der Waals surface area contributed by atoms with Gasteiger partial charge in [0.1, 0.15) is 22.0 Å². The van der Waals surface area contributed by atoms with Gasteiger partial charge in [-0.3, -0.25) is 4.57 Å². The number of nitrogens with two attached hydrogens (primary N) is 1. The number of nitrogen functional groups attached to an aromatic ring is 1. The van der Waals surface area contributed by atoms with E-state index in [1.165, 1.54) is 0 Å². The third-order valence-corrected chi connectivity index (χ3v) is 7.64. The smallest absolute Gasteiger partial charge is 0.212 e. The van der Waals surface area contributed by atoms with Crippen molar-refractivity contribution in [1.82, 2.24) is 14.5 Å². The third-order valence-electron chi connectivity index (χ3n) is 5.82. The van der Waals surface area contributed by atoms with Crippen LogP contribution in [-0.2, 0) is 9.84 Å². The summed E-state index contributed by atoms with van der Waals surface area (Å²) in [6.45, 7) is 3.82. The Labute approximate surface area is 191 Å². The molecule has 0 radical (unpaired) electrons. The molecule has 2 heterocycles. The Hall–Kier alpha value is -3.91. The van der Waals surface area contributed by atoms with Crippen LogP contribution in [0, 0.1) is 13.8 Å². The van der Waals surface area contributed by atoms with Gasteiger partial charge in [-0.1, -0.05) is 24.3 Å². The summed E-state index contributed by atoms with van der Waals surface area (Å²) in [5.74, 6) is 0.660. The SMILES string of the molecule is COc1cccc(-n2c(N)c(S(=O)(=O)c3ccc(C)c(C)c3)c3nc4ccccc4nc32)c1. The molecule has 0 spiro atoms. The molecule has 7 nitrogen and oxygen atoms in total. The van der Waals surface area contributed by atoms with Gasteiger partial charge in [0.25, 0.3) is 0 Å². The van der Waals surface area contributed by atoms with E-state index >= 15 is 0 Å². The largest absolute Gasteiger partial charge is 0.497 e. The van der Waals surface area contributed by atoms with Crippen LogP contribution in [0.2, 0.25) is 0 Å². The Morgan fingerprint density at radius 1 is 0.879 bits per heavy atom. The van der Waals surface area contributed by atoms with Crippen molar-refractivity contribution < 1.29 is 13.2 Å². The highest BCUT2D eigenvalue weighted by atomic mass is 32.2. The summed E-state index contributed by atoms with van der Waals surface area (Å²) in [4.78, 5) is 9.54. The van der Waals surface area contributed by atoms with Gasteiger partial charge in [0.2, 0.25) is 9.84 Å². The molecule has 0 atom stereocenters. The van der Waals surface area contributed by atoms with Crippen LogP contribution in [0.5, 0.6) is 5.75 Å². The molecule has 0 fully saturated rings. The van der Waals surface area contributed by atoms with E-state index in [1.807, 2.05) is 44.2 Å². The second kappa shape index (κ2) is 7.60. The fourth-order valence-electron chi connectivity index (χ4n) is 3.91. The Morgan fingerprint density at radius 2 is 1.61 bits per heavy atom. The molecule has 0 saturated carbocycles. The van der Waals surface area contributed by atoms with E-state index in [0.717, 1.165) is 11.1 Å². The molecule has 0 amide bonds. The van der Waals surface area contributed by atoms with Crippen molar-refractivity contribution >= 4 is 37.9 Å². The van der Waals surface area contributed by atoms with Crippen molar-refractivity contribution in [1.29, 1.82) is 0 Å². The van der Waals surface area contributed by atoms with Crippen LogP contribution < -0.4 is 10.5 Å². The first kappa shape index (κ1) is 21.0. The molecule has 166 valence electrons. The van der Waals surface area contributed by atoms with Gasteiger partial charge in [-0.05, 0) is 61.4 Å². The topological polar surface area (TPSA) is 100 Å². The van der Waals surface area contributed by atoms with E-state index in [4.69, 9.17) is 15.5 Å². The molecule has 0 aliphatic carbocycles. The minimum absolute atomic E-state index is 0.0480. The number of hydrogen-bond acceptors (Lipinski definition) is 6. The zero-order valence-corrected chi connectivity index (χ0v) is 19.2. The molecule has 0 aliphatic rings. The van der Waals surface area contributed by atoms with Crippen LogP contribution in [0.15, 0.2) is 76.5 Å². The normalized spacial score (nSPS) is 11.8. The predicted octanol–water partition coefficient (Wildman–Crippen LogP) is 4.61. The Balaban J connectivity index is 1.90. The maximum Gasteiger partial charge on any atom is 0.212 e. The lowest BCUT2D eigenvalue weighted by atomic mass is 10.1. The average Bonchev–Trinajstić information content (AvgIpc) is 3.10. The van der Waals surface area contributed by atoms with Gasteiger partial charge in [0.05, 0.1) is 28.7 Å². The molecule has 2 N–H and O–H groups in total. The number of sulfone groups is 1. The summed E-state index contributed by atoms with van der Waals surface area (Å²) >= 11 is 0. The summed E-state index contributed by atoms with van der Waals surface area (Å²) in [7, 11) is -2.42. The van der Waals surface area contributed by atoms with E-state index in [1.54, 1.807) is 48.1 Å². The molecular formula is C25H22N4O3S. The van der Waals surface area contributed by atoms with E-state index in [-0.39, 0.29) is 21.1 Å². The summed E-state index contributed by atoms with van der Waals surface area (Å²) in [5.41, 5.74) is 10.9. The van der Waals surface area contributed by atoms with Crippen LogP contribution in [0.3, 0.4) is 0 Å². The number of ether oxygens (including phenoxy) is 1. The van der Waals surface area contributed by atoms with Crippen molar-refractivity contribution in [2.45, 2.75) is 23.6 Å². The van der Waals surface area contributed by atoms with Crippen LogP contribution in [0.1, 0.15) is 11.1 Å². The molecule has 0 aliphatic heterocycles. The number of methoxy groups -OCH3 is 1. The van der Waals surface area contributed by atoms with E-state index in [2.05, 4.69) is 4.98 Å². The molecule has 0 unspecified atom stereocenters. The number of fused-ring (bicyclic) bond motifs is 2. The number of nitrogens with zero attached hydrogens (tertiary/aromatic N) is 3. The summed E-state index contributed by atoms with van der Waals surface area (Å²) in [6, 6.07) is 19.6. The molecule has 33 heavy (non-hydrogen) atoms. The molecule has 0 saturated heterocycles. The molecule has 5 aromatic rings. The second-order valence-electron chi connectivity index (χ2n) is 7.89. The number of hydrogen-bond donors (Lipinski definition) is 1.